The van der Waals surface area contributed by atoms with Gasteiger partial charge >= 0.3 is 6.18 Å². The molecule has 3 nitrogen and oxygen atoms in total. The molecule has 0 radical (unpaired) electrons. The van der Waals surface area contributed by atoms with E-state index >= 15 is 0 Å². The summed E-state index contributed by atoms with van der Waals surface area (Å²) in [6.07, 6.45) is -7.66. The molecule has 16 heavy (non-hydrogen) atoms. The van der Waals surface area contributed by atoms with Crippen molar-refractivity contribution >= 4 is 0 Å². The first-order valence-corrected chi connectivity index (χ1v) is 4.22. The highest BCUT2D eigenvalue weighted by molar-refractivity contribution is 5.30. The summed E-state index contributed by atoms with van der Waals surface area (Å²) in [5.41, 5.74) is 4.88. The van der Waals surface area contributed by atoms with Gasteiger partial charge in [-0.15, -0.1) is 0 Å². The van der Waals surface area contributed by atoms with Gasteiger partial charge in [0.1, 0.15) is 0 Å². The van der Waals surface area contributed by atoms with Gasteiger partial charge in [0.15, 0.2) is 17.7 Å². The molecule has 2 atom stereocenters. The van der Waals surface area contributed by atoms with Gasteiger partial charge in [0.25, 0.3) is 0 Å². The summed E-state index contributed by atoms with van der Waals surface area (Å²) in [4.78, 5) is 0. The van der Waals surface area contributed by atoms with Crippen LogP contribution in [0.1, 0.15) is 11.6 Å². The average molecular weight is 239 g/mol. The number of halogens is 4. The van der Waals surface area contributed by atoms with E-state index in [2.05, 4.69) is 0 Å². The van der Waals surface area contributed by atoms with Crippen molar-refractivity contribution in [2.45, 2.75) is 18.3 Å². The summed E-state index contributed by atoms with van der Waals surface area (Å²) >= 11 is 0. The lowest BCUT2D eigenvalue weighted by Gasteiger charge is -2.21. The van der Waals surface area contributed by atoms with Crippen LogP contribution in [0, 0.1) is 5.82 Å². The number of phenolic OH excluding ortho intramolecular Hbond substituents is 1. The summed E-state index contributed by atoms with van der Waals surface area (Å²) in [5, 5.41) is 17.7. The Kier molecular flexibility index (Phi) is 3.39. The minimum absolute atomic E-state index is 0.250. The fourth-order valence-corrected chi connectivity index (χ4v) is 1.12. The Morgan fingerprint density at radius 3 is 2.25 bits per heavy atom. The van der Waals surface area contributed by atoms with Crippen LogP contribution in [0.15, 0.2) is 18.2 Å². The average Bonchev–Trinajstić information content (AvgIpc) is 2.18. The van der Waals surface area contributed by atoms with Crippen LogP contribution in [-0.2, 0) is 0 Å². The van der Waals surface area contributed by atoms with Crippen molar-refractivity contribution in [3.05, 3.63) is 29.6 Å². The molecule has 4 N–H and O–H groups in total. The maximum Gasteiger partial charge on any atom is 0.416 e. The van der Waals surface area contributed by atoms with E-state index in [4.69, 9.17) is 15.9 Å². The lowest BCUT2D eigenvalue weighted by Crippen LogP contribution is -2.38. The number of alkyl halides is 3. The van der Waals surface area contributed by atoms with Crippen molar-refractivity contribution in [3.63, 3.8) is 0 Å². The predicted molar refractivity (Wildman–Crippen MR) is 47.1 cm³/mol. The smallest absolute Gasteiger partial charge is 0.416 e. The van der Waals surface area contributed by atoms with E-state index in [0.29, 0.717) is 6.07 Å². The van der Waals surface area contributed by atoms with E-state index in [9.17, 15) is 17.6 Å². The van der Waals surface area contributed by atoms with Crippen molar-refractivity contribution in [3.8, 4) is 5.75 Å². The Labute approximate surface area is 88.1 Å². The molecule has 7 heteroatoms. The van der Waals surface area contributed by atoms with E-state index < -0.39 is 29.9 Å². The lowest BCUT2D eigenvalue weighted by molar-refractivity contribution is -0.210. The van der Waals surface area contributed by atoms with E-state index in [1.807, 2.05) is 0 Å². The Balaban J connectivity index is 2.97. The Hall–Kier alpha value is -1.34. The molecule has 90 valence electrons. The minimum atomic E-state index is -4.88. The van der Waals surface area contributed by atoms with Crippen LogP contribution in [0.3, 0.4) is 0 Å². The molecule has 0 fully saturated rings. The van der Waals surface area contributed by atoms with Gasteiger partial charge in [0.05, 0.1) is 6.04 Å². The molecule has 0 heterocycles. The monoisotopic (exact) mass is 239 g/mol. The van der Waals surface area contributed by atoms with Crippen molar-refractivity contribution in [2.24, 2.45) is 5.73 Å². The second-order valence-electron chi connectivity index (χ2n) is 3.22. The molecule has 0 aliphatic carbocycles. The van der Waals surface area contributed by atoms with Crippen LogP contribution >= 0.6 is 0 Å². The third-order valence-corrected chi connectivity index (χ3v) is 2.03. The zero-order valence-corrected chi connectivity index (χ0v) is 7.87. The molecule has 0 unspecified atom stereocenters. The maximum atomic E-state index is 12.8. The van der Waals surface area contributed by atoms with Gasteiger partial charge in [-0.05, 0) is 17.7 Å². The summed E-state index contributed by atoms with van der Waals surface area (Å²) in [7, 11) is 0. The second-order valence-corrected chi connectivity index (χ2v) is 3.22. The molecule has 0 spiro atoms. The topological polar surface area (TPSA) is 66.5 Å². The SMILES string of the molecule is N[C@@H](c1ccc(O)c(F)c1)[C@H](O)C(F)(F)F. The maximum absolute atomic E-state index is 12.8. The van der Waals surface area contributed by atoms with Crippen LogP contribution in [0.4, 0.5) is 17.6 Å². The zero-order valence-electron chi connectivity index (χ0n) is 7.87. The summed E-state index contributed by atoms with van der Waals surface area (Å²) in [6, 6.07) is 0.732. The number of rotatable bonds is 2. The minimum Gasteiger partial charge on any atom is -0.505 e. The fourth-order valence-electron chi connectivity index (χ4n) is 1.12. The third-order valence-electron chi connectivity index (χ3n) is 2.03. The Morgan fingerprint density at radius 2 is 1.81 bits per heavy atom. The summed E-state index contributed by atoms with van der Waals surface area (Å²) in [6.45, 7) is 0. The molecule has 1 aromatic rings. The first-order chi connectivity index (χ1) is 7.23. The Bertz CT molecular complexity index is 380. The zero-order chi connectivity index (χ0) is 12.5. The molecule has 0 bridgehead atoms. The first-order valence-electron chi connectivity index (χ1n) is 4.22. The standard InChI is InChI=1S/C9H9F4NO2/c10-5-3-4(1-2-6(5)15)7(14)8(16)9(11,12)13/h1-3,7-8,15-16H,14H2/t7-,8-/m0/s1. The lowest BCUT2D eigenvalue weighted by atomic mass is 10.0. The van der Waals surface area contributed by atoms with Gasteiger partial charge in [-0.25, -0.2) is 4.39 Å². The highest BCUT2D eigenvalue weighted by atomic mass is 19.4. The number of aliphatic hydroxyl groups is 1. The van der Waals surface area contributed by atoms with Crippen LogP contribution in [0.5, 0.6) is 5.75 Å². The number of aliphatic hydroxyl groups excluding tert-OH is 1. The van der Waals surface area contributed by atoms with Crippen molar-refractivity contribution in [1.82, 2.24) is 0 Å². The van der Waals surface area contributed by atoms with E-state index in [1.165, 1.54) is 0 Å². The summed E-state index contributed by atoms with van der Waals surface area (Å²) in [5.74, 6) is -1.79. The highest BCUT2D eigenvalue weighted by Gasteiger charge is 2.42. The van der Waals surface area contributed by atoms with E-state index in [-0.39, 0.29) is 5.56 Å². The molecular weight excluding hydrogens is 230 g/mol. The number of nitrogens with two attached hydrogens (primary N) is 1. The van der Waals surface area contributed by atoms with Gasteiger partial charge in [0.2, 0.25) is 0 Å². The Morgan fingerprint density at radius 1 is 1.25 bits per heavy atom. The quantitative estimate of drug-likeness (QED) is 0.684. The second kappa shape index (κ2) is 4.26. The van der Waals surface area contributed by atoms with E-state index in [1.54, 1.807) is 0 Å². The summed E-state index contributed by atoms with van der Waals surface area (Å²) < 4.78 is 49.1. The fraction of sp³-hybridized carbons (Fsp3) is 0.333. The van der Waals surface area contributed by atoms with Crippen LogP contribution in [0.25, 0.3) is 0 Å². The molecule has 0 aromatic heterocycles. The third kappa shape index (κ3) is 2.61. The first kappa shape index (κ1) is 12.7. The van der Waals surface area contributed by atoms with Crippen molar-refractivity contribution in [2.75, 3.05) is 0 Å². The highest BCUT2D eigenvalue weighted by Crippen LogP contribution is 2.30. The molecule has 0 aliphatic rings. The van der Waals surface area contributed by atoms with Gasteiger partial charge in [-0.1, -0.05) is 6.07 Å². The van der Waals surface area contributed by atoms with Crippen molar-refractivity contribution in [1.29, 1.82) is 0 Å². The molecule has 0 saturated carbocycles. The van der Waals surface area contributed by atoms with Crippen LogP contribution in [-0.4, -0.2) is 22.5 Å². The molecular formula is C9H9F4NO2. The predicted octanol–water partition coefficient (Wildman–Crippen LogP) is 1.45. The normalized spacial score (nSPS) is 15.9. The number of aromatic hydroxyl groups is 1. The molecule has 1 rings (SSSR count). The van der Waals surface area contributed by atoms with Crippen LogP contribution in [0.2, 0.25) is 0 Å². The van der Waals surface area contributed by atoms with Crippen molar-refractivity contribution < 1.29 is 27.8 Å². The van der Waals surface area contributed by atoms with Gasteiger partial charge in [-0.3, -0.25) is 0 Å². The molecule has 0 saturated heterocycles. The number of hydrogen-bond donors (Lipinski definition) is 3. The number of phenols is 1. The van der Waals surface area contributed by atoms with E-state index in [0.717, 1.165) is 12.1 Å². The molecule has 0 amide bonds. The van der Waals surface area contributed by atoms with Gasteiger partial charge in [-0.2, -0.15) is 13.2 Å². The number of hydrogen-bond acceptors (Lipinski definition) is 3. The molecule has 1 aromatic carbocycles. The van der Waals surface area contributed by atoms with Gasteiger partial charge < -0.3 is 15.9 Å². The van der Waals surface area contributed by atoms with Gasteiger partial charge in [0, 0.05) is 0 Å². The van der Waals surface area contributed by atoms with Crippen LogP contribution < -0.4 is 5.73 Å². The number of benzene rings is 1. The largest absolute Gasteiger partial charge is 0.505 e. The molecule has 0 aliphatic heterocycles.